The molecule has 1 saturated carbocycles. The van der Waals surface area contributed by atoms with E-state index in [9.17, 15) is 4.79 Å². The minimum absolute atomic E-state index is 0.0965. The number of nitrogens with zero attached hydrogens (tertiary/aromatic N) is 5. The van der Waals surface area contributed by atoms with Gasteiger partial charge in [-0.1, -0.05) is 0 Å². The molecule has 0 spiro atoms. The van der Waals surface area contributed by atoms with Crippen LogP contribution in [-0.4, -0.2) is 50.7 Å². The third kappa shape index (κ3) is 4.21. The van der Waals surface area contributed by atoms with Gasteiger partial charge >= 0.3 is 0 Å². The van der Waals surface area contributed by atoms with Crippen LogP contribution in [0.2, 0.25) is 0 Å². The third-order valence-electron chi connectivity index (χ3n) is 6.46. The zero-order valence-electron chi connectivity index (χ0n) is 19.7. The summed E-state index contributed by atoms with van der Waals surface area (Å²) in [6.45, 7) is 0. The van der Waals surface area contributed by atoms with E-state index >= 15 is 0 Å². The highest BCUT2D eigenvalue weighted by Gasteiger charge is 2.27. The van der Waals surface area contributed by atoms with Crippen LogP contribution in [0.3, 0.4) is 0 Å². The van der Waals surface area contributed by atoms with Gasteiger partial charge in [-0.3, -0.25) is 14.2 Å². The van der Waals surface area contributed by atoms with Gasteiger partial charge in [-0.15, -0.1) is 0 Å². The van der Waals surface area contributed by atoms with E-state index in [1.54, 1.807) is 23.9 Å². The number of benzene rings is 1. The summed E-state index contributed by atoms with van der Waals surface area (Å²) in [5.41, 5.74) is 3.60. The predicted octanol–water partition coefficient (Wildman–Crippen LogP) is 3.80. The fourth-order valence-electron chi connectivity index (χ4n) is 4.63. The summed E-state index contributed by atoms with van der Waals surface area (Å²) in [6, 6.07) is 9.68. The highest BCUT2D eigenvalue weighted by atomic mass is 16.5. The number of ether oxygens (including phenoxy) is 1. The van der Waals surface area contributed by atoms with E-state index in [0.29, 0.717) is 5.56 Å². The standard InChI is InChI=1S/C25H29N7O2/c1-26-23-12-22-21(14-28-23)24(17-13-29-31(3)15-17)30-32(22)18-6-10-20(11-7-18)34-19-8-4-16(5-9-19)25(33)27-2/h4-5,8-9,12-15,18,20H,6-7,10-11H2,1-3H3,(H,26,28)(H,27,33)/t18-,20+. The van der Waals surface area contributed by atoms with Crippen molar-refractivity contribution in [1.82, 2.24) is 29.9 Å². The minimum atomic E-state index is -0.0965. The number of rotatable bonds is 6. The van der Waals surface area contributed by atoms with E-state index < -0.39 is 0 Å². The molecule has 9 nitrogen and oxygen atoms in total. The Hall–Kier alpha value is -3.88. The Morgan fingerprint density at radius 1 is 1.09 bits per heavy atom. The molecule has 0 unspecified atom stereocenters. The van der Waals surface area contributed by atoms with Crippen molar-refractivity contribution < 1.29 is 9.53 Å². The van der Waals surface area contributed by atoms with Crippen LogP contribution < -0.4 is 15.4 Å². The smallest absolute Gasteiger partial charge is 0.251 e. The van der Waals surface area contributed by atoms with Gasteiger partial charge in [-0.25, -0.2) is 4.98 Å². The average molecular weight is 460 g/mol. The van der Waals surface area contributed by atoms with Crippen molar-refractivity contribution in [3.63, 3.8) is 0 Å². The molecule has 5 rings (SSSR count). The minimum Gasteiger partial charge on any atom is -0.490 e. The lowest BCUT2D eigenvalue weighted by Gasteiger charge is -2.29. The molecule has 3 heterocycles. The van der Waals surface area contributed by atoms with Crippen molar-refractivity contribution in [1.29, 1.82) is 0 Å². The molecule has 0 atom stereocenters. The first-order chi connectivity index (χ1) is 16.6. The maximum atomic E-state index is 11.7. The summed E-state index contributed by atoms with van der Waals surface area (Å²) < 4.78 is 10.2. The van der Waals surface area contributed by atoms with E-state index in [1.165, 1.54) is 0 Å². The van der Waals surface area contributed by atoms with Crippen molar-refractivity contribution in [3.05, 3.63) is 54.5 Å². The molecule has 1 amide bonds. The molecule has 3 aromatic heterocycles. The third-order valence-corrected chi connectivity index (χ3v) is 6.46. The summed E-state index contributed by atoms with van der Waals surface area (Å²) in [5, 5.41) is 16.2. The van der Waals surface area contributed by atoms with Crippen molar-refractivity contribution in [3.8, 4) is 17.0 Å². The molecule has 0 radical (unpaired) electrons. The monoisotopic (exact) mass is 459 g/mol. The van der Waals surface area contributed by atoms with E-state index in [1.807, 2.05) is 44.8 Å². The lowest BCUT2D eigenvalue weighted by Crippen LogP contribution is -2.26. The number of carbonyl (C=O) groups is 1. The predicted molar refractivity (Wildman–Crippen MR) is 131 cm³/mol. The van der Waals surface area contributed by atoms with E-state index in [2.05, 4.69) is 31.5 Å². The molecule has 176 valence electrons. The van der Waals surface area contributed by atoms with Gasteiger partial charge in [0, 0.05) is 56.1 Å². The molecule has 1 aliphatic carbocycles. The van der Waals surface area contributed by atoms with Crippen LogP contribution in [0.15, 0.2) is 48.9 Å². The summed E-state index contributed by atoms with van der Waals surface area (Å²) in [7, 11) is 5.41. The van der Waals surface area contributed by atoms with Crippen LogP contribution in [0.5, 0.6) is 5.75 Å². The quantitative estimate of drug-likeness (QED) is 0.455. The van der Waals surface area contributed by atoms with E-state index in [0.717, 1.165) is 59.4 Å². The molecule has 1 aromatic carbocycles. The number of pyridine rings is 1. The Bertz CT molecular complexity index is 1300. The number of nitrogens with one attached hydrogen (secondary N) is 2. The number of amides is 1. The largest absolute Gasteiger partial charge is 0.490 e. The second-order valence-corrected chi connectivity index (χ2v) is 8.68. The Morgan fingerprint density at radius 3 is 2.50 bits per heavy atom. The summed E-state index contributed by atoms with van der Waals surface area (Å²) in [5.74, 6) is 1.52. The van der Waals surface area contributed by atoms with Crippen molar-refractivity contribution in [2.24, 2.45) is 7.05 Å². The topological polar surface area (TPSA) is 98.9 Å². The lowest BCUT2D eigenvalue weighted by molar-refractivity contribution is 0.0963. The fraction of sp³-hybridized carbons (Fsp3) is 0.360. The Morgan fingerprint density at radius 2 is 1.85 bits per heavy atom. The average Bonchev–Trinajstić information content (AvgIpc) is 3.47. The van der Waals surface area contributed by atoms with Gasteiger partial charge in [0.05, 0.1) is 23.9 Å². The number of anilines is 1. The zero-order valence-corrected chi connectivity index (χ0v) is 19.7. The summed E-state index contributed by atoms with van der Waals surface area (Å²) >= 11 is 0. The van der Waals surface area contributed by atoms with E-state index in [-0.39, 0.29) is 18.1 Å². The molecule has 1 aliphatic rings. The Labute approximate surface area is 198 Å². The highest BCUT2D eigenvalue weighted by molar-refractivity contribution is 5.94. The van der Waals surface area contributed by atoms with Gasteiger partial charge < -0.3 is 15.4 Å². The molecule has 4 aromatic rings. The highest BCUT2D eigenvalue weighted by Crippen LogP contribution is 2.36. The maximum Gasteiger partial charge on any atom is 0.251 e. The Balaban J connectivity index is 1.34. The van der Waals surface area contributed by atoms with Crippen molar-refractivity contribution in [2.45, 2.75) is 37.8 Å². The molecule has 2 N–H and O–H groups in total. The molecule has 0 saturated heterocycles. The van der Waals surface area contributed by atoms with Gasteiger partial charge in [-0.2, -0.15) is 10.2 Å². The number of hydrogen-bond acceptors (Lipinski definition) is 6. The number of hydrogen-bond donors (Lipinski definition) is 2. The first-order valence-corrected chi connectivity index (χ1v) is 11.6. The summed E-state index contributed by atoms with van der Waals surface area (Å²) in [6.07, 6.45) is 9.70. The number of fused-ring (bicyclic) bond motifs is 1. The van der Waals surface area contributed by atoms with Crippen molar-refractivity contribution >= 4 is 22.6 Å². The molecule has 0 aliphatic heterocycles. The second-order valence-electron chi connectivity index (χ2n) is 8.68. The van der Waals surface area contributed by atoms with Crippen LogP contribution in [-0.2, 0) is 7.05 Å². The van der Waals surface area contributed by atoms with Gasteiger partial charge in [0.15, 0.2) is 0 Å². The van der Waals surface area contributed by atoms with Crippen LogP contribution in [0.25, 0.3) is 22.2 Å². The zero-order chi connectivity index (χ0) is 23.7. The molecule has 1 fully saturated rings. The first-order valence-electron chi connectivity index (χ1n) is 11.6. The number of aryl methyl sites for hydroxylation is 1. The molecule has 34 heavy (non-hydrogen) atoms. The van der Waals surface area contributed by atoms with Crippen LogP contribution in [0.1, 0.15) is 42.1 Å². The number of aromatic nitrogens is 5. The van der Waals surface area contributed by atoms with Gasteiger partial charge in [0.2, 0.25) is 0 Å². The van der Waals surface area contributed by atoms with Crippen molar-refractivity contribution in [2.75, 3.05) is 19.4 Å². The molecule has 9 heteroatoms. The molecular formula is C25H29N7O2. The van der Waals surface area contributed by atoms with Gasteiger partial charge in [0.1, 0.15) is 17.3 Å². The maximum absolute atomic E-state index is 11.7. The summed E-state index contributed by atoms with van der Waals surface area (Å²) in [4.78, 5) is 16.3. The normalized spacial score (nSPS) is 18.1. The van der Waals surface area contributed by atoms with E-state index in [4.69, 9.17) is 9.84 Å². The molecular weight excluding hydrogens is 430 g/mol. The van der Waals surface area contributed by atoms with Crippen LogP contribution in [0.4, 0.5) is 5.82 Å². The van der Waals surface area contributed by atoms with Crippen LogP contribution >= 0.6 is 0 Å². The number of carbonyl (C=O) groups excluding carboxylic acids is 1. The first kappa shape index (κ1) is 21.9. The lowest BCUT2D eigenvalue weighted by atomic mass is 9.93. The SMILES string of the molecule is CNC(=O)c1ccc(O[C@H]2CC[C@@H](n3nc(-c4cnn(C)c4)c4cnc(NC)cc43)CC2)cc1. The van der Waals surface area contributed by atoms with Gasteiger partial charge in [-0.05, 0) is 49.9 Å². The van der Waals surface area contributed by atoms with Gasteiger partial charge in [0.25, 0.3) is 5.91 Å². The van der Waals surface area contributed by atoms with Crippen LogP contribution in [0, 0.1) is 0 Å². The Kier molecular flexibility index (Phi) is 5.91. The second kappa shape index (κ2) is 9.17. The fourth-order valence-corrected chi connectivity index (χ4v) is 4.63. The molecule has 0 bridgehead atoms.